The molecule has 0 fully saturated rings. The number of hydrogen-bond donors (Lipinski definition) is 2. The van der Waals surface area contributed by atoms with Crippen LogP contribution in [-0.2, 0) is 4.79 Å². The van der Waals surface area contributed by atoms with Crippen molar-refractivity contribution < 1.29 is 24.2 Å². The number of halogens is 1. The average Bonchev–Trinajstić information content (AvgIpc) is 3.30. The number of aryl methyl sites for hydroxylation is 1. The second-order valence-electron chi connectivity index (χ2n) is 8.01. The van der Waals surface area contributed by atoms with Gasteiger partial charge in [-0.15, -0.1) is 0 Å². The van der Waals surface area contributed by atoms with Gasteiger partial charge in [-0.25, -0.2) is 10.2 Å². The van der Waals surface area contributed by atoms with Crippen molar-refractivity contribution in [1.29, 1.82) is 0 Å². The van der Waals surface area contributed by atoms with E-state index in [0.717, 1.165) is 22.6 Å². The highest BCUT2D eigenvalue weighted by Crippen LogP contribution is 2.33. The normalized spacial score (nSPS) is 10.9. The number of methoxy groups -OCH3 is 1. The third kappa shape index (κ3) is 6.07. The molecule has 37 heavy (non-hydrogen) atoms. The molecule has 0 radical (unpaired) electrons. The molecule has 1 aromatic heterocycles. The SMILES string of the molecule is COc1cc(/C=N/NC(=O)c2ccc(-n3c(C)ccc3-c3ccccc3)cc2)c(Br)cc1OCC(=O)O. The summed E-state index contributed by atoms with van der Waals surface area (Å²) in [6.45, 7) is 1.54. The molecule has 0 aliphatic rings. The number of carbonyl (C=O) groups is 2. The van der Waals surface area contributed by atoms with Gasteiger partial charge in [0.15, 0.2) is 18.1 Å². The van der Waals surface area contributed by atoms with Gasteiger partial charge in [0.05, 0.1) is 19.0 Å². The smallest absolute Gasteiger partial charge is 0.341 e. The molecule has 0 atom stereocenters. The monoisotopic (exact) mass is 561 g/mol. The standard InChI is InChI=1S/C28H24BrN3O5/c1-18-8-13-24(19-6-4-3-5-7-19)32(18)22-11-9-20(10-12-22)28(35)31-30-16-21-14-25(36-2)26(15-23(21)29)37-17-27(33)34/h3-16H,17H2,1-2H3,(H,31,35)(H,33,34)/b30-16+. The molecule has 0 bridgehead atoms. The molecule has 0 aliphatic carbocycles. The lowest BCUT2D eigenvalue weighted by atomic mass is 10.1. The van der Waals surface area contributed by atoms with Gasteiger partial charge in [-0.05, 0) is 76.9 Å². The number of aromatic nitrogens is 1. The molecule has 4 aromatic rings. The molecule has 0 saturated carbocycles. The maximum atomic E-state index is 12.7. The van der Waals surface area contributed by atoms with Crippen LogP contribution in [0.15, 0.2) is 88.4 Å². The number of carbonyl (C=O) groups excluding carboxylic acids is 1. The van der Waals surface area contributed by atoms with Crippen molar-refractivity contribution in [3.8, 4) is 28.4 Å². The summed E-state index contributed by atoms with van der Waals surface area (Å²) in [5.41, 5.74) is 7.79. The Kier molecular flexibility index (Phi) is 8.05. The summed E-state index contributed by atoms with van der Waals surface area (Å²) in [6.07, 6.45) is 1.45. The fourth-order valence-corrected chi connectivity index (χ4v) is 4.19. The number of hydrazone groups is 1. The van der Waals surface area contributed by atoms with E-state index >= 15 is 0 Å². The lowest BCUT2D eigenvalue weighted by molar-refractivity contribution is -0.139. The van der Waals surface area contributed by atoms with E-state index in [0.29, 0.717) is 21.3 Å². The Morgan fingerprint density at radius 2 is 1.76 bits per heavy atom. The first-order valence-corrected chi connectivity index (χ1v) is 12.1. The molecule has 0 unspecified atom stereocenters. The molecular weight excluding hydrogens is 538 g/mol. The van der Waals surface area contributed by atoms with Gasteiger partial charge in [-0.1, -0.05) is 30.3 Å². The van der Waals surface area contributed by atoms with Gasteiger partial charge in [0.1, 0.15) is 0 Å². The van der Waals surface area contributed by atoms with Gasteiger partial charge in [0.25, 0.3) is 5.91 Å². The lowest BCUT2D eigenvalue weighted by Crippen LogP contribution is -2.17. The van der Waals surface area contributed by atoms with Gasteiger partial charge in [0, 0.05) is 27.0 Å². The van der Waals surface area contributed by atoms with E-state index in [9.17, 15) is 9.59 Å². The first kappa shape index (κ1) is 25.7. The Labute approximate surface area is 222 Å². The van der Waals surface area contributed by atoms with Gasteiger partial charge >= 0.3 is 5.97 Å². The molecular formula is C28H24BrN3O5. The van der Waals surface area contributed by atoms with E-state index in [2.05, 4.69) is 55.3 Å². The van der Waals surface area contributed by atoms with Crippen LogP contribution in [0.2, 0.25) is 0 Å². The summed E-state index contributed by atoms with van der Waals surface area (Å²) in [7, 11) is 1.45. The minimum Gasteiger partial charge on any atom is -0.493 e. The zero-order valence-electron chi connectivity index (χ0n) is 20.1. The van der Waals surface area contributed by atoms with E-state index < -0.39 is 12.6 Å². The number of hydrogen-bond acceptors (Lipinski definition) is 5. The number of rotatable bonds is 9. The van der Waals surface area contributed by atoms with Gasteiger partial charge in [-0.2, -0.15) is 5.10 Å². The Hall–Kier alpha value is -4.37. The summed E-state index contributed by atoms with van der Waals surface area (Å²) >= 11 is 3.40. The second-order valence-corrected chi connectivity index (χ2v) is 8.87. The summed E-state index contributed by atoms with van der Waals surface area (Å²) in [5, 5.41) is 12.9. The van der Waals surface area contributed by atoms with Crippen molar-refractivity contribution in [1.82, 2.24) is 9.99 Å². The van der Waals surface area contributed by atoms with Crippen LogP contribution in [0.4, 0.5) is 0 Å². The van der Waals surface area contributed by atoms with Gasteiger partial charge < -0.3 is 19.1 Å². The predicted molar refractivity (Wildman–Crippen MR) is 145 cm³/mol. The Morgan fingerprint density at radius 1 is 1.03 bits per heavy atom. The molecule has 3 aromatic carbocycles. The first-order valence-electron chi connectivity index (χ1n) is 11.3. The van der Waals surface area contributed by atoms with Crippen LogP contribution in [0.1, 0.15) is 21.6 Å². The highest BCUT2D eigenvalue weighted by atomic mass is 79.9. The number of ether oxygens (including phenoxy) is 2. The zero-order chi connectivity index (χ0) is 26.4. The Morgan fingerprint density at radius 3 is 2.43 bits per heavy atom. The van der Waals surface area contributed by atoms with Crippen molar-refractivity contribution in [3.05, 3.63) is 100 Å². The van der Waals surface area contributed by atoms with Gasteiger partial charge in [0.2, 0.25) is 0 Å². The number of nitrogens with zero attached hydrogens (tertiary/aromatic N) is 2. The quantitative estimate of drug-likeness (QED) is 0.209. The topological polar surface area (TPSA) is 102 Å². The number of amides is 1. The minimum atomic E-state index is -1.10. The van der Waals surface area contributed by atoms with E-state index in [1.54, 1.807) is 24.3 Å². The van der Waals surface area contributed by atoms with E-state index in [1.165, 1.54) is 13.3 Å². The predicted octanol–water partition coefficient (Wildman–Crippen LogP) is 5.45. The van der Waals surface area contributed by atoms with Crippen molar-refractivity contribution in [2.24, 2.45) is 5.10 Å². The third-order valence-electron chi connectivity index (χ3n) is 5.54. The fraction of sp³-hybridized carbons (Fsp3) is 0.107. The number of benzene rings is 3. The van der Waals surface area contributed by atoms with Crippen LogP contribution in [0, 0.1) is 6.92 Å². The maximum absolute atomic E-state index is 12.7. The van der Waals surface area contributed by atoms with Crippen LogP contribution < -0.4 is 14.9 Å². The molecule has 1 amide bonds. The zero-order valence-corrected chi connectivity index (χ0v) is 21.7. The van der Waals surface area contributed by atoms with Crippen molar-refractivity contribution in [3.63, 3.8) is 0 Å². The molecule has 4 rings (SSSR count). The lowest BCUT2D eigenvalue weighted by Gasteiger charge is -2.13. The number of nitrogens with one attached hydrogen (secondary N) is 1. The molecule has 0 aliphatic heterocycles. The Bertz CT molecular complexity index is 1450. The van der Waals surface area contributed by atoms with Crippen LogP contribution in [0.3, 0.4) is 0 Å². The first-order chi connectivity index (χ1) is 17.9. The molecule has 2 N–H and O–H groups in total. The highest BCUT2D eigenvalue weighted by molar-refractivity contribution is 9.10. The van der Waals surface area contributed by atoms with Crippen LogP contribution in [-0.4, -0.2) is 41.5 Å². The van der Waals surface area contributed by atoms with E-state index in [4.69, 9.17) is 14.6 Å². The van der Waals surface area contributed by atoms with Crippen LogP contribution >= 0.6 is 15.9 Å². The third-order valence-corrected chi connectivity index (χ3v) is 6.22. The molecule has 188 valence electrons. The maximum Gasteiger partial charge on any atom is 0.341 e. The van der Waals surface area contributed by atoms with E-state index in [1.807, 2.05) is 37.3 Å². The highest BCUT2D eigenvalue weighted by Gasteiger charge is 2.13. The second kappa shape index (κ2) is 11.6. The summed E-state index contributed by atoms with van der Waals surface area (Å²) in [5.74, 6) is -0.853. The summed E-state index contributed by atoms with van der Waals surface area (Å²) in [6, 6.07) is 24.8. The molecule has 0 spiro atoms. The molecule has 1 heterocycles. The molecule has 0 saturated heterocycles. The number of carboxylic acid groups (broad SMARTS) is 1. The fourth-order valence-electron chi connectivity index (χ4n) is 3.76. The minimum absolute atomic E-state index is 0.270. The largest absolute Gasteiger partial charge is 0.493 e. The molecule has 9 heteroatoms. The molecule has 8 nitrogen and oxygen atoms in total. The van der Waals surface area contributed by atoms with Crippen LogP contribution in [0.25, 0.3) is 16.9 Å². The van der Waals surface area contributed by atoms with Crippen molar-refractivity contribution in [2.45, 2.75) is 6.92 Å². The van der Waals surface area contributed by atoms with E-state index in [-0.39, 0.29) is 11.7 Å². The number of carboxylic acids is 1. The van der Waals surface area contributed by atoms with Crippen molar-refractivity contribution >= 4 is 34.0 Å². The van der Waals surface area contributed by atoms with Crippen molar-refractivity contribution in [2.75, 3.05) is 13.7 Å². The Balaban J connectivity index is 1.46. The summed E-state index contributed by atoms with van der Waals surface area (Å²) < 4.78 is 13.2. The van der Waals surface area contributed by atoms with Crippen LogP contribution in [0.5, 0.6) is 11.5 Å². The number of aliphatic carboxylic acids is 1. The average molecular weight is 562 g/mol. The summed E-state index contributed by atoms with van der Waals surface area (Å²) in [4.78, 5) is 23.4. The van der Waals surface area contributed by atoms with Gasteiger partial charge in [-0.3, -0.25) is 4.79 Å².